The molecular formula is C21H20N4O8S. The Morgan fingerprint density at radius 3 is 2.56 bits per heavy atom. The molecule has 0 aromatic carbocycles. The average molecular weight is 488 g/mol. The lowest BCUT2D eigenvalue weighted by molar-refractivity contribution is -0.386. The Bertz CT molecular complexity index is 1390. The van der Waals surface area contributed by atoms with Crippen molar-refractivity contribution in [2.45, 2.75) is 27.3 Å². The Labute approximate surface area is 196 Å². The van der Waals surface area contributed by atoms with Crippen molar-refractivity contribution in [1.82, 2.24) is 9.55 Å². The first-order valence-electron chi connectivity index (χ1n) is 9.92. The summed E-state index contributed by atoms with van der Waals surface area (Å²) in [5, 5.41) is 14.4. The smallest absolute Gasteiger partial charge is 0.350 e. The van der Waals surface area contributed by atoms with Crippen LogP contribution in [0.3, 0.4) is 0 Å². The quantitative estimate of drug-likeness (QED) is 0.299. The van der Waals surface area contributed by atoms with Gasteiger partial charge in [-0.3, -0.25) is 24.3 Å². The molecule has 0 aliphatic carbocycles. The van der Waals surface area contributed by atoms with Gasteiger partial charge in [-0.05, 0) is 32.4 Å². The number of anilines is 1. The van der Waals surface area contributed by atoms with Crippen LogP contribution >= 0.6 is 11.3 Å². The fraction of sp³-hybridized carbons (Fsp3) is 0.286. The highest BCUT2D eigenvalue weighted by atomic mass is 32.1. The molecule has 178 valence electrons. The van der Waals surface area contributed by atoms with Crippen LogP contribution in [0.15, 0.2) is 23.1 Å². The second-order valence-electron chi connectivity index (χ2n) is 7.13. The molecule has 1 amide bonds. The number of thiophene rings is 1. The number of hydrogen-bond acceptors (Lipinski definition) is 10. The number of carbonyl (C=O) groups excluding carboxylic acids is 3. The van der Waals surface area contributed by atoms with Crippen LogP contribution in [0, 0.1) is 24.0 Å². The lowest BCUT2D eigenvalue weighted by Gasteiger charge is -2.11. The number of nitrogens with zero attached hydrogens (tertiary/aromatic N) is 3. The van der Waals surface area contributed by atoms with Gasteiger partial charge in [0, 0.05) is 23.3 Å². The summed E-state index contributed by atoms with van der Waals surface area (Å²) in [4.78, 5) is 65.1. The van der Waals surface area contributed by atoms with Gasteiger partial charge < -0.3 is 14.8 Å². The lowest BCUT2D eigenvalue weighted by Crippen LogP contribution is -2.30. The molecule has 3 heterocycles. The SMILES string of the molecule is CCOC(=O)c1sc2nc(C)cc(C)c2c1NC(=O)Cn1cc(C(=O)OC)cc([N+](=O)[O-])c1=O. The van der Waals surface area contributed by atoms with E-state index in [1.165, 1.54) is 0 Å². The normalized spacial score (nSPS) is 10.7. The van der Waals surface area contributed by atoms with Gasteiger partial charge in [0.25, 0.3) is 0 Å². The molecule has 12 nitrogen and oxygen atoms in total. The highest BCUT2D eigenvalue weighted by Crippen LogP contribution is 2.37. The van der Waals surface area contributed by atoms with Crippen molar-refractivity contribution >= 4 is 50.8 Å². The molecule has 3 aromatic heterocycles. The molecule has 0 aliphatic rings. The van der Waals surface area contributed by atoms with E-state index in [1.54, 1.807) is 26.8 Å². The molecule has 1 N–H and O–H groups in total. The second kappa shape index (κ2) is 9.79. The number of ether oxygens (including phenoxy) is 2. The first-order valence-corrected chi connectivity index (χ1v) is 10.7. The number of esters is 2. The fourth-order valence-corrected chi connectivity index (χ4v) is 4.48. The summed E-state index contributed by atoms with van der Waals surface area (Å²) in [5.74, 6) is -2.33. The highest BCUT2D eigenvalue weighted by Gasteiger charge is 2.25. The molecule has 0 fully saturated rings. The van der Waals surface area contributed by atoms with Crippen molar-refractivity contribution in [1.29, 1.82) is 0 Å². The maximum Gasteiger partial charge on any atom is 0.350 e. The van der Waals surface area contributed by atoms with Gasteiger partial charge in [-0.2, -0.15) is 0 Å². The van der Waals surface area contributed by atoms with Crippen LogP contribution in [0.1, 0.15) is 38.2 Å². The number of fused-ring (bicyclic) bond motifs is 1. The van der Waals surface area contributed by atoms with Crippen molar-refractivity contribution in [2.75, 3.05) is 19.0 Å². The number of nitro groups is 1. The maximum atomic E-state index is 12.9. The Kier molecular flexibility index (Phi) is 7.05. The molecule has 0 unspecified atom stereocenters. The van der Waals surface area contributed by atoms with Crippen molar-refractivity contribution in [3.05, 3.63) is 60.5 Å². The van der Waals surface area contributed by atoms with Gasteiger partial charge in [0.2, 0.25) is 5.91 Å². The second-order valence-corrected chi connectivity index (χ2v) is 8.13. The molecule has 0 radical (unpaired) electrons. The van der Waals surface area contributed by atoms with Gasteiger partial charge in [0.15, 0.2) is 0 Å². The Balaban J connectivity index is 2.05. The van der Waals surface area contributed by atoms with Crippen LogP contribution in [0.25, 0.3) is 10.2 Å². The molecule has 0 aliphatic heterocycles. The summed E-state index contributed by atoms with van der Waals surface area (Å²) in [6.45, 7) is 4.68. The van der Waals surface area contributed by atoms with Crippen LogP contribution < -0.4 is 10.9 Å². The standard InChI is InChI=1S/C21H20N4O8S/c1-5-33-21(29)17-16(15-10(2)6-11(3)22-18(15)34-17)23-14(26)9-24-8-12(20(28)32-4)7-13(19(24)27)25(30)31/h6-8H,5,9H2,1-4H3,(H,23,26). The summed E-state index contributed by atoms with van der Waals surface area (Å²) < 4.78 is 10.4. The molecule has 0 bridgehead atoms. The highest BCUT2D eigenvalue weighted by molar-refractivity contribution is 7.21. The average Bonchev–Trinajstić information content (AvgIpc) is 3.12. The van der Waals surface area contributed by atoms with E-state index >= 15 is 0 Å². The van der Waals surface area contributed by atoms with Crippen molar-refractivity contribution in [3.8, 4) is 0 Å². The minimum atomic E-state index is -1.08. The minimum absolute atomic E-state index is 0.116. The maximum absolute atomic E-state index is 12.9. The molecule has 0 saturated heterocycles. The largest absolute Gasteiger partial charge is 0.465 e. The van der Waals surface area contributed by atoms with E-state index in [-0.39, 0.29) is 22.7 Å². The monoisotopic (exact) mass is 488 g/mol. The van der Waals surface area contributed by atoms with Gasteiger partial charge in [-0.1, -0.05) is 0 Å². The molecule has 13 heteroatoms. The number of nitrogens with one attached hydrogen (secondary N) is 1. The number of pyridine rings is 2. The molecule has 0 spiro atoms. The Hall–Kier alpha value is -4.13. The zero-order valence-corrected chi connectivity index (χ0v) is 19.5. The number of aryl methyl sites for hydroxylation is 2. The summed E-state index contributed by atoms with van der Waals surface area (Å²) >= 11 is 1.05. The summed E-state index contributed by atoms with van der Waals surface area (Å²) in [6.07, 6.45) is 0.995. The van der Waals surface area contributed by atoms with E-state index in [0.29, 0.717) is 10.2 Å². The van der Waals surface area contributed by atoms with Crippen molar-refractivity contribution in [2.24, 2.45) is 0 Å². The third kappa shape index (κ3) is 4.78. The van der Waals surface area contributed by atoms with Crippen LogP contribution in [0.2, 0.25) is 0 Å². The number of rotatable bonds is 7. The molecule has 0 saturated carbocycles. The zero-order chi connectivity index (χ0) is 25.2. The van der Waals surface area contributed by atoms with E-state index in [2.05, 4.69) is 15.0 Å². The first kappa shape index (κ1) is 24.5. The molecule has 3 rings (SSSR count). The van der Waals surface area contributed by atoms with Crippen molar-refractivity contribution < 1.29 is 28.8 Å². The van der Waals surface area contributed by atoms with E-state index in [0.717, 1.165) is 46.5 Å². The van der Waals surface area contributed by atoms with Gasteiger partial charge in [-0.15, -0.1) is 11.3 Å². The number of aromatic nitrogens is 2. The Morgan fingerprint density at radius 1 is 1.24 bits per heavy atom. The van der Waals surface area contributed by atoms with Gasteiger partial charge in [0.1, 0.15) is 16.3 Å². The number of methoxy groups -OCH3 is 1. The zero-order valence-electron chi connectivity index (χ0n) is 18.7. The fourth-order valence-electron chi connectivity index (χ4n) is 3.33. The van der Waals surface area contributed by atoms with E-state index in [4.69, 9.17) is 4.74 Å². The molecule has 3 aromatic rings. The third-order valence-corrected chi connectivity index (χ3v) is 5.78. The predicted octanol–water partition coefficient (Wildman–Crippen LogP) is 2.59. The molecule has 34 heavy (non-hydrogen) atoms. The minimum Gasteiger partial charge on any atom is -0.465 e. The number of hydrogen-bond donors (Lipinski definition) is 1. The van der Waals surface area contributed by atoms with Crippen LogP contribution in [0.5, 0.6) is 0 Å². The van der Waals surface area contributed by atoms with Gasteiger partial charge >= 0.3 is 23.2 Å². The third-order valence-electron chi connectivity index (χ3n) is 4.71. The predicted molar refractivity (Wildman–Crippen MR) is 122 cm³/mol. The van der Waals surface area contributed by atoms with Crippen LogP contribution in [-0.2, 0) is 20.8 Å². The van der Waals surface area contributed by atoms with Crippen molar-refractivity contribution in [3.63, 3.8) is 0 Å². The summed E-state index contributed by atoms with van der Waals surface area (Å²) in [6, 6.07) is 2.57. The van der Waals surface area contributed by atoms with E-state index in [9.17, 15) is 29.3 Å². The molecule has 0 atom stereocenters. The topological polar surface area (TPSA) is 160 Å². The molecular weight excluding hydrogens is 468 g/mol. The van der Waals surface area contributed by atoms with E-state index in [1.807, 2.05) is 0 Å². The number of amides is 1. The Morgan fingerprint density at radius 2 is 1.94 bits per heavy atom. The number of carbonyl (C=O) groups is 3. The lowest BCUT2D eigenvalue weighted by atomic mass is 10.1. The first-order chi connectivity index (χ1) is 16.1. The van der Waals surface area contributed by atoms with E-state index < -0.39 is 40.6 Å². The van der Waals surface area contributed by atoms with Crippen LogP contribution in [-0.4, -0.2) is 46.0 Å². The summed E-state index contributed by atoms with van der Waals surface area (Å²) in [5.41, 5.74) is -0.602. The van der Waals surface area contributed by atoms with Crippen LogP contribution in [0.4, 0.5) is 11.4 Å². The van der Waals surface area contributed by atoms with Gasteiger partial charge in [0.05, 0.1) is 29.9 Å². The summed E-state index contributed by atoms with van der Waals surface area (Å²) in [7, 11) is 1.08. The van der Waals surface area contributed by atoms with Gasteiger partial charge in [-0.25, -0.2) is 14.6 Å².